The maximum absolute atomic E-state index is 15.1. The van der Waals surface area contributed by atoms with Crippen molar-refractivity contribution in [2.75, 3.05) is 14.2 Å². The number of ether oxygens (including phenoxy) is 2. The molecule has 3 aromatic carbocycles. The van der Waals surface area contributed by atoms with Crippen LogP contribution >= 0.6 is 0 Å². The van der Waals surface area contributed by atoms with Gasteiger partial charge in [-0.3, -0.25) is 14.4 Å². The second kappa shape index (κ2) is 12.6. The highest BCUT2D eigenvalue weighted by molar-refractivity contribution is 6.33. The molecule has 7 nitrogen and oxygen atoms in total. The summed E-state index contributed by atoms with van der Waals surface area (Å²) in [4.78, 5) is 44.0. The number of carbonyl (C=O) groups excluding carboxylic acids is 3. The molecule has 0 saturated heterocycles. The molecule has 45 heavy (non-hydrogen) atoms. The van der Waals surface area contributed by atoms with E-state index in [0.717, 1.165) is 43.2 Å². The van der Waals surface area contributed by atoms with Crippen molar-refractivity contribution in [1.29, 1.82) is 0 Å². The van der Waals surface area contributed by atoms with Gasteiger partial charge in [-0.05, 0) is 90.6 Å². The first kappa shape index (κ1) is 30.1. The van der Waals surface area contributed by atoms with E-state index in [0.29, 0.717) is 33.8 Å². The molecule has 1 N–H and O–H groups in total. The lowest BCUT2D eigenvalue weighted by Crippen LogP contribution is -2.53. The first-order valence-electron chi connectivity index (χ1n) is 15.5. The van der Waals surface area contributed by atoms with E-state index in [2.05, 4.69) is 5.32 Å². The van der Waals surface area contributed by atoms with Crippen molar-refractivity contribution in [1.82, 2.24) is 10.2 Å². The Balaban J connectivity index is 1.59. The number of allylic oxidation sites excluding steroid dienone is 2. The molecule has 2 aliphatic carbocycles. The Morgan fingerprint density at radius 2 is 1.56 bits per heavy atom. The van der Waals surface area contributed by atoms with Gasteiger partial charge in [0.1, 0.15) is 23.1 Å². The number of ketones is 1. The van der Waals surface area contributed by atoms with Gasteiger partial charge in [0.15, 0.2) is 5.78 Å². The van der Waals surface area contributed by atoms with Gasteiger partial charge in [-0.1, -0.05) is 67.8 Å². The van der Waals surface area contributed by atoms with Gasteiger partial charge in [0.05, 0.1) is 19.8 Å². The van der Waals surface area contributed by atoms with E-state index in [4.69, 9.17) is 9.47 Å². The second-order valence-corrected chi connectivity index (χ2v) is 11.9. The Labute approximate surface area is 264 Å². The van der Waals surface area contributed by atoms with Crippen LogP contribution in [0.25, 0.3) is 11.1 Å². The average Bonchev–Trinajstić information content (AvgIpc) is 3.31. The Kier molecular flexibility index (Phi) is 8.44. The molecule has 230 valence electrons. The normalized spacial score (nSPS) is 18.4. The Morgan fingerprint density at radius 1 is 0.867 bits per heavy atom. The third-order valence-corrected chi connectivity index (χ3v) is 9.12. The molecule has 1 saturated carbocycles. The van der Waals surface area contributed by atoms with Crippen LogP contribution in [-0.4, -0.2) is 48.3 Å². The lowest BCUT2D eigenvalue weighted by atomic mass is 9.79. The Hall–Kier alpha value is -4.91. The van der Waals surface area contributed by atoms with E-state index >= 15 is 4.79 Å². The van der Waals surface area contributed by atoms with Crippen LogP contribution in [0.1, 0.15) is 60.4 Å². The van der Waals surface area contributed by atoms with Crippen molar-refractivity contribution in [3.63, 3.8) is 0 Å². The van der Waals surface area contributed by atoms with Crippen LogP contribution < -0.4 is 14.8 Å². The van der Waals surface area contributed by atoms with Crippen LogP contribution in [0.15, 0.2) is 97.1 Å². The average molecular weight is 603 g/mol. The monoisotopic (exact) mass is 602 g/mol. The molecule has 0 aromatic heterocycles. The largest absolute Gasteiger partial charge is 0.497 e. The van der Waals surface area contributed by atoms with E-state index in [1.165, 1.54) is 12.2 Å². The maximum atomic E-state index is 15.1. The number of amides is 2. The Bertz CT molecular complexity index is 1680. The number of carbonyl (C=O) groups is 3. The minimum absolute atomic E-state index is 0.0309. The van der Waals surface area contributed by atoms with Crippen molar-refractivity contribution >= 4 is 28.7 Å². The van der Waals surface area contributed by atoms with Gasteiger partial charge in [-0.25, -0.2) is 0 Å². The van der Waals surface area contributed by atoms with Crippen molar-refractivity contribution in [2.24, 2.45) is 0 Å². The predicted octanol–water partition coefficient (Wildman–Crippen LogP) is 6.39. The maximum Gasteiger partial charge on any atom is 0.257 e. The number of rotatable bonds is 8. The highest BCUT2D eigenvalue weighted by atomic mass is 16.5. The molecular formula is C38H38N2O5. The number of benzene rings is 3. The standard InChI is InChI=1S/C38H38N2O5/c1-25-24-28(16-19-32(25)45-3)35(36(42)39-29-12-8-5-9-13-29)40-37(43)33(26-14-17-31(44-2)18-15-26)34(27-10-6-4-7-11-27)38(40)22-20-30(41)21-23-38/h4,6-7,10-11,14-24,29,35H,5,8-9,12-13H2,1-3H3,(H,39,42). The van der Waals surface area contributed by atoms with Gasteiger partial charge in [-0.2, -0.15) is 0 Å². The molecule has 1 unspecified atom stereocenters. The lowest BCUT2D eigenvalue weighted by Gasteiger charge is -2.42. The highest BCUT2D eigenvalue weighted by Gasteiger charge is 2.54. The van der Waals surface area contributed by atoms with Crippen LogP contribution in [-0.2, 0) is 14.4 Å². The van der Waals surface area contributed by atoms with Crippen LogP contribution in [0.2, 0.25) is 0 Å². The fourth-order valence-corrected chi connectivity index (χ4v) is 6.93. The van der Waals surface area contributed by atoms with Gasteiger partial charge in [0.25, 0.3) is 5.91 Å². The molecule has 1 atom stereocenters. The van der Waals surface area contributed by atoms with Gasteiger partial charge >= 0.3 is 0 Å². The zero-order valence-electron chi connectivity index (χ0n) is 25.9. The minimum atomic E-state index is -1.22. The topological polar surface area (TPSA) is 84.9 Å². The number of methoxy groups -OCH3 is 2. The molecule has 2 amide bonds. The summed E-state index contributed by atoms with van der Waals surface area (Å²) < 4.78 is 10.9. The van der Waals surface area contributed by atoms with Crippen LogP contribution in [0.3, 0.4) is 0 Å². The fourth-order valence-electron chi connectivity index (χ4n) is 6.93. The first-order chi connectivity index (χ1) is 21.9. The van der Waals surface area contributed by atoms with E-state index in [1.54, 1.807) is 31.3 Å². The van der Waals surface area contributed by atoms with Crippen LogP contribution in [0.5, 0.6) is 11.5 Å². The fraction of sp³-hybridized carbons (Fsp3) is 0.289. The summed E-state index contributed by atoms with van der Waals surface area (Å²) in [6.07, 6.45) is 11.6. The third-order valence-electron chi connectivity index (χ3n) is 9.12. The highest BCUT2D eigenvalue weighted by Crippen LogP contribution is 2.52. The molecule has 0 bridgehead atoms. The molecule has 3 aromatic rings. The molecule has 1 heterocycles. The second-order valence-electron chi connectivity index (χ2n) is 11.9. The molecule has 0 radical (unpaired) electrons. The zero-order valence-corrected chi connectivity index (χ0v) is 25.9. The van der Waals surface area contributed by atoms with Crippen molar-refractivity contribution in [2.45, 2.75) is 56.7 Å². The van der Waals surface area contributed by atoms with E-state index in [-0.39, 0.29) is 23.6 Å². The number of nitrogens with zero attached hydrogens (tertiary/aromatic N) is 1. The summed E-state index contributed by atoms with van der Waals surface area (Å²) in [6, 6.07) is 21.7. The molecule has 7 heteroatoms. The third kappa shape index (κ3) is 5.59. The van der Waals surface area contributed by atoms with Crippen LogP contribution in [0.4, 0.5) is 0 Å². The summed E-state index contributed by atoms with van der Waals surface area (Å²) in [5, 5.41) is 3.30. The first-order valence-corrected chi connectivity index (χ1v) is 15.5. The molecular weight excluding hydrogens is 564 g/mol. The van der Waals surface area contributed by atoms with Crippen LogP contribution in [0, 0.1) is 6.92 Å². The summed E-state index contributed by atoms with van der Waals surface area (Å²) in [5.41, 5.74) is 2.98. The summed E-state index contributed by atoms with van der Waals surface area (Å²) in [7, 11) is 3.21. The number of hydrogen-bond acceptors (Lipinski definition) is 5. The van der Waals surface area contributed by atoms with E-state index in [1.807, 2.05) is 79.7 Å². The van der Waals surface area contributed by atoms with Gasteiger partial charge in [0, 0.05) is 11.6 Å². The number of nitrogens with one attached hydrogen (secondary N) is 1. The minimum Gasteiger partial charge on any atom is -0.497 e. The molecule has 3 aliphatic rings. The van der Waals surface area contributed by atoms with Crippen molar-refractivity contribution in [3.05, 3.63) is 119 Å². The van der Waals surface area contributed by atoms with E-state index < -0.39 is 11.6 Å². The van der Waals surface area contributed by atoms with Gasteiger partial charge < -0.3 is 19.7 Å². The summed E-state index contributed by atoms with van der Waals surface area (Å²) in [5.74, 6) is 0.625. The Morgan fingerprint density at radius 3 is 2.18 bits per heavy atom. The molecule has 6 rings (SSSR count). The van der Waals surface area contributed by atoms with Gasteiger partial charge in [-0.15, -0.1) is 0 Å². The van der Waals surface area contributed by atoms with Crippen molar-refractivity contribution in [3.8, 4) is 11.5 Å². The molecule has 1 fully saturated rings. The number of aryl methyl sites for hydroxylation is 1. The van der Waals surface area contributed by atoms with E-state index in [9.17, 15) is 9.59 Å². The molecule has 1 aliphatic heterocycles. The zero-order chi connectivity index (χ0) is 31.6. The predicted molar refractivity (Wildman–Crippen MR) is 175 cm³/mol. The smallest absolute Gasteiger partial charge is 0.257 e. The lowest BCUT2D eigenvalue weighted by molar-refractivity contribution is -0.138. The SMILES string of the molecule is COc1ccc(C2=C(c3ccccc3)C3(C=CC(=O)C=C3)N(C(C(=O)NC3CCCCC3)c3ccc(OC)c(C)c3)C2=O)cc1. The molecule has 1 spiro atoms. The summed E-state index contributed by atoms with van der Waals surface area (Å²) in [6.45, 7) is 1.93. The summed E-state index contributed by atoms with van der Waals surface area (Å²) >= 11 is 0. The van der Waals surface area contributed by atoms with Gasteiger partial charge in [0.2, 0.25) is 5.91 Å². The van der Waals surface area contributed by atoms with Crippen molar-refractivity contribution < 1.29 is 23.9 Å². The number of hydrogen-bond donors (Lipinski definition) is 1. The quantitative estimate of drug-likeness (QED) is 0.323.